The first-order chi connectivity index (χ1) is 40.0. The maximum atomic E-state index is 13.0. The van der Waals surface area contributed by atoms with Gasteiger partial charge in [-0.25, -0.2) is 0 Å². The Balaban J connectivity index is 4.34. The SMILES string of the molecule is CC/C=C\C/C=C\C/C=C\C/C=C\C/C=C\CCCCCCCCCCCCCC(=O)OCC(COC(=O)CCCCCCCCCCCCCCCCC)OC(=O)CCCCCCCCCC/C=C\C/C=C\C/C=C\C/C=C\CC. The third-order valence-corrected chi connectivity index (χ3v) is 14.8. The van der Waals surface area contributed by atoms with Crippen LogP contribution in [0.5, 0.6) is 0 Å². The zero-order chi connectivity index (χ0) is 58.5. The van der Waals surface area contributed by atoms with Crippen molar-refractivity contribution < 1.29 is 28.6 Å². The minimum absolute atomic E-state index is 0.0794. The predicted octanol–water partition coefficient (Wildman–Crippen LogP) is 23.8. The molecule has 0 bridgehead atoms. The normalized spacial score (nSPS) is 12.8. The second kappa shape index (κ2) is 68.6. The molecule has 0 aromatic heterocycles. The van der Waals surface area contributed by atoms with Gasteiger partial charge in [0.2, 0.25) is 0 Å². The van der Waals surface area contributed by atoms with E-state index < -0.39 is 6.10 Å². The van der Waals surface area contributed by atoms with Crippen molar-refractivity contribution in [2.24, 2.45) is 0 Å². The van der Waals surface area contributed by atoms with E-state index in [4.69, 9.17) is 14.2 Å². The van der Waals surface area contributed by atoms with Gasteiger partial charge in [0.15, 0.2) is 6.10 Å². The van der Waals surface area contributed by atoms with Gasteiger partial charge in [-0.15, -0.1) is 0 Å². The van der Waals surface area contributed by atoms with E-state index in [9.17, 15) is 14.4 Å². The molecule has 0 heterocycles. The first-order valence-electron chi connectivity index (χ1n) is 34.4. The summed E-state index contributed by atoms with van der Waals surface area (Å²) in [6, 6.07) is 0. The maximum absolute atomic E-state index is 13.0. The average molecular weight is 1130 g/mol. The lowest BCUT2D eigenvalue weighted by molar-refractivity contribution is -0.167. The number of ether oxygens (including phenoxy) is 3. The summed E-state index contributed by atoms with van der Waals surface area (Å²) in [7, 11) is 0. The molecule has 6 nitrogen and oxygen atoms in total. The quantitative estimate of drug-likeness (QED) is 0.0261. The molecule has 6 heteroatoms. The fourth-order valence-corrected chi connectivity index (χ4v) is 9.70. The molecule has 0 aliphatic carbocycles. The molecule has 464 valence electrons. The van der Waals surface area contributed by atoms with Gasteiger partial charge in [0.1, 0.15) is 13.2 Å². The molecule has 0 spiro atoms. The van der Waals surface area contributed by atoms with Crippen LogP contribution in [-0.4, -0.2) is 37.2 Å². The average Bonchev–Trinajstić information content (AvgIpc) is 3.47. The number of esters is 3. The maximum Gasteiger partial charge on any atom is 0.306 e. The molecule has 81 heavy (non-hydrogen) atoms. The van der Waals surface area contributed by atoms with Crippen LogP contribution in [0, 0.1) is 0 Å². The van der Waals surface area contributed by atoms with Crippen molar-refractivity contribution in [1.82, 2.24) is 0 Å². The van der Waals surface area contributed by atoms with E-state index in [0.29, 0.717) is 19.3 Å². The lowest BCUT2D eigenvalue weighted by Crippen LogP contribution is -2.30. The molecule has 1 unspecified atom stereocenters. The van der Waals surface area contributed by atoms with Gasteiger partial charge in [0.25, 0.3) is 0 Å². The summed E-state index contributed by atoms with van der Waals surface area (Å²) in [4.78, 5) is 38.4. The minimum atomic E-state index is -0.785. The van der Waals surface area contributed by atoms with Crippen LogP contribution >= 0.6 is 0 Å². The monoisotopic (exact) mass is 1120 g/mol. The highest BCUT2D eigenvalue weighted by Gasteiger charge is 2.19. The molecule has 0 rings (SSSR count). The van der Waals surface area contributed by atoms with E-state index in [0.717, 1.165) is 122 Å². The van der Waals surface area contributed by atoms with Crippen LogP contribution < -0.4 is 0 Å². The van der Waals surface area contributed by atoms with Gasteiger partial charge in [0, 0.05) is 19.3 Å². The van der Waals surface area contributed by atoms with Crippen LogP contribution in [0.4, 0.5) is 0 Å². The molecule has 0 N–H and O–H groups in total. The van der Waals surface area contributed by atoms with E-state index >= 15 is 0 Å². The van der Waals surface area contributed by atoms with Gasteiger partial charge in [0.05, 0.1) is 0 Å². The molecule has 1 atom stereocenters. The van der Waals surface area contributed by atoms with Gasteiger partial charge < -0.3 is 14.2 Å². The van der Waals surface area contributed by atoms with Gasteiger partial charge >= 0.3 is 17.9 Å². The number of rotatable bonds is 62. The van der Waals surface area contributed by atoms with Crippen LogP contribution in [0.3, 0.4) is 0 Å². The van der Waals surface area contributed by atoms with Gasteiger partial charge in [-0.1, -0.05) is 316 Å². The first-order valence-corrected chi connectivity index (χ1v) is 34.4. The summed E-state index contributed by atoms with van der Waals surface area (Å²) >= 11 is 0. The first kappa shape index (κ1) is 77.1. The van der Waals surface area contributed by atoms with Gasteiger partial charge in [-0.3, -0.25) is 14.4 Å². The molecule has 0 fully saturated rings. The van der Waals surface area contributed by atoms with Crippen LogP contribution in [0.25, 0.3) is 0 Å². The molecule has 0 radical (unpaired) electrons. The van der Waals surface area contributed by atoms with Crippen molar-refractivity contribution in [1.29, 1.82) is 0 Å². The van der Waals surface area contributed by atoms with Crippen molar-refractivity contribution in [3.05, 3.63) is 109 Å². The van der Waals surface area contributed by atoms with Crippen molar-refractivity contribution in [3.8, 4) is 0 Å². The molecule has 0 aliphatic rings. The standard InChI is InChI=1S/C75H128O6/c1-4-7-10-13-16-19-22-25-28-30-32-34-35-36-37-38-39-41-42-44-47-50-53-56-59-62-65-68-74(77)80-71-72(70-79-73(76)67-64-61-58-55-52-49-46-27-24-21-18-15-12-9-6-3)81-75(78)69-66-63-60-57-54-51-48-45-43-40-33-31-29-26-23-20-17-14-11-8-5-2/h7-8,10-11,16-17,19-20,25-26,28-29,32-34,36-37,40,72H,4-6,9,12-15,18,21-24,27,30-31,35,38-39,41-71H2,1-3H3/b10-7-,11-8-,19-16-,20-17-,28-25-,29-26-,34-32-,37-36-,40-33-. The van der Waals surface area contributed by atoms with E-state index in [1.165, 1.54) is 167 Å². The lowest BCUT2D eigenvalue weighted by Gasteiger charge is -2.18. The van der Waals surface area contributed by atoms with Crippen LogP contribution in [0.2, 0.25) is 0 Å². The highest BCUT2D eigenvalue weighted by Crippen LogP contribution is 2.17. The Morgan fingerprint density at radius 2 is 0.481 bits per heavy atom. The Kier molecular flexibility index (Phi) is 65.2. The topological polar surface area (TPSA) is 78.9 Å². The largest absolute Gasteiger partial charge is 0.462 e. The molecular weight excluding hydrogens is 997 g/mol. The number of allylic oxidation sites excluding steroid dienone is 18. The Morgan fingerprint density at radius 3 is 0.753 bits per heavy atom. The Hall–Kier alpha value is -3.93. The second-order valence-corrected chi connectivity index (χ2v) is 22.7. The van der Waals surface area contributed by atoms with Crippen LogP contribution in [0.15, 0.2) is 109 Å². The molecular formula is C75H128O6. The highest BCUT2D eigenvalue weighted by atomic mass is 16.6. The Labute approximate surface area is 501 Å². The summed E-state index contributed by atoms with van der Waals surface area (Å²) < 4.78 is 17.0. The number of unbranched alkanes of at least 4 members (excludes halogenated alkanes) is 33. The minimum Gasteiger partial charge on any atom is -0.462 e. The molecule has 0 aliphatic heterocycles. The molecule has 0 saturated carbocycles. The summed E-state index contributed by atoms with van der Waals surface area (Å²) in [5, 5.41) is 0. The number of hydrogen-bond donors (Lipinski definition) is 0. The van der Waals surface area contributed by atoms with Crippen LogP contribution in [-0.2, 0) is 28.6 Å². The summed E-state index contributed by atoms with van der Waals surface area (Å²) in [5.74, 6) is -0.876. The number of carbonyl (C=O) groups excluding carboxylic acids is 3. The smallest absolute Gasteiger partial charge is 0.306 e. The van der Waals surface area contributed by atoms with E-state index in [1.807, 2.05) is 0 Å². The molecule has 0 saturated heterocycles. The fraction of sp³-hybridized carbons (Fsp3) is 0.720. The van der Waals surface area contributed by atoms with Crippen molar-refractivity contribution in [3.63, 3.8) is 0 Å². The van der Waals surface area contributed by atoms with E-state index in [-0.39, 0.29) is 31.1 Å². The lowest BCUT2D eigenvalue weighted by atomic mass is 10.0. The Bertz CT molecular complexity index is 1620. The second-order valence-electron chi connectivity index (χ2n) is 22.7. The summed E-state index contributed by atoms with van der Waals surface area (Å²) in [6.07, 6.45) is 93.8. The Morgan fingerprint density at radius 1 is 0.259 bits per heavy atom. The van der Waals surface area contributed by atoms with E-state index in [1.54, 1.807) is 0 Å². The van der Waals surface area contributed by atoms with Gasteiger partial charge in [-0.2, -0.15) is 0 Å². The third-order valence-electron chi connectivity index (χ3n) is 14.8. The molecule has 0 aromatic rings. The zero-order valence-electron chi connectivity index (χ0n) is 53.3. The summed E-state index contributed by atoms with van der Waals surface area (Å²) in [5.41, 5.74) is 0. The van der Waals surface area contributed by atoms with Crippen molar-refractivity contribution in [2.45, 2.75) is 335 Å². The third kappa shape index (κ3) is 66.8. The molecule has 0 amide bonds. The van der Waals surface area contributed by atoms with E-state index in [2.05, 4.69) is 130 Å². The number of carbonyl (C=O) groups is 3. The van der Waals surface area contributed by atoms with Crippen molar-refractivity contribution >= 4 is 17.9 Å². The van der Waals surface area contributed by atoms with Crippen LogP contribution in [0.1, 0.15) is 329 Å². The van der Waals surface area contributed by atoms with Crippen molar-refractivity contribution in [2.75, 3.05) is 13.2 Å². The van der Waals surface area contributed by atoms with Gasteiger partial charge in [-0.05, 0) is 103 Å². The summed E-state index contributed by atoms with van der Waals surface area (Å²) in [6.45, 7) is 6.44. The molecule has 0 aromatic carbocycles. The fourth-order valence-electron chi connectivity index (χ4n) is 9.70. The highest BCUT2D eigenvalue weighted by molar-refractivity contribution is 5.71. The zero-order valence-corrected chi connectivity index (χ0v) is 53.3. The predicted molar refractivity (Wildman–Crippen MR) is 353 cm³/mol. The number of hydrogen-bond acceptors (Lipinski definition) is 6.